The van der Waals surface area contributed by atoms with Crippen molar-refractivity contribution in [1.29, 1.82) is 0 Å². The topological polar surface area (TPSA) is 108 Å². The lowest BCUT2D eigenvalue weighted by Crippen LogP contribution is -2.57. The van der Waals surface area contributed by atoms with Gasteiger partial charge in [0.2, 0.25) is 0 Å². The number of anilines is 3. The maximum atomic E-state index is 12.8. The van der Waals surface area contributed by atoms with Gasteiger partial charge in [-0.25, -0.2) is 9.78 Å². The molecule has 34 heavy (non-hydrogen) atoms. The fraction of sp³-hybridized carbons (Fsp3) is 0.520. The molecule has 5 rings (SSSR count). The van der Waals surface area contributed by atoms with Crippen LogP contribution in [0.15, 0.2) is 30.5 Å². The van der Waals surface area contributed by atoms with Crippen molar-refractivity contribution in [3.63, 3.8) is 0 Å². The Labute approximate surface area is 199 Å². The molecule has 1 unspecified atom stereocenters. The van der Waals surface area contributed by atoms with Crippen molar-refractivity contribution < 1.29 is 9.53 Å². The Bertz CT molecular complexity index is 1150. The van der Waals surface area contributed by atoms with Crippen LogP contribution >= 0.6 is 0 Å². The number of nitrogens with zero attached hydrogens (tertiary/aromatic N) is 4. The van der Waals surface area contributed by atoms with E-state index in [1.807, 2.05) is 36.1 Å². The first-order valence-electron chi connectivity index (χ1n) is 12.2. The van der Waals surface area contributed by atoms with Crippen molar-refractivity contribution in [1.82, 2.24) is 25.1 Å². The second-order valence-electron chi connectivity index (χ2n) is 9.92. The Morgan fingerprint density at radius 2 is 2.03 bits per heavy atom. The van der Waals surface area contributed by atoms with Gasteiger partial charge in [-0.3, -0.25) is 10.1 Å². The molecule has 3 aromatic rings. The van der Waals surface area contributed by atoms with Gasteiger partial charge < -0.3 is 20.3 Å². The van der Waals surface area contributed by atoms with Gasteiger partial charge in [-0.1, -0.05) is 13.8 Å². The molecule has 2 saturated heterocycles. The van der Waals surface area contributed by atoms with E-state index in [-0.39, 0.29) is 24.2 Å². The molecule has 180 valence electrons. The van der Waals surface area contributed by atoms with Crippen LogP contribution in [0.4, 0.5) is 22.2 Å². The summed E-state index contributed by atoms with van der Waals surface area (Å²) in [7, 11) is 0. The summed E-state index contributed by atoms with van der Waals surface area (Å²) in [6, 6.07) is 8.47. The summed E-state index contributed by atoms with van der Waals surface area (Å²) in [5.41, 5.74) is 1.84. The molecule has 0 spiro atoms. The Balaban J connectivity index is 1.35. The van der Waals surface area contributed by atoms with Crippen molar-refractivity contribution in [3.8, 4) is 0 Å². The summed E-state index contributed by atoms with van der Waals surface area (Å²) in [6.07, 6.45) is 6.59. The molecule has 5 heterocycles. The molecule has 3 N–H and O–H groups in total. The second-order valence-corrected chi connectivity index (χ2v) is 9.92. The van der Waals surface area contributed by atoms with Crippen molar-refractivity contribution in [2.75, 3.05) is 17.2 Å². The number of aromatic amines is 1. The van der Waals surface area contributed by atoms with E-state index in [9.17, 15) is 4.79 Å². The lowest BCUT2D eigenvalue weighted by atomic mass is 9.82. The van der Waals surface area contributed by atoms with Gasteiger partial charge in [0.15, 0.2) is 5.82 Å². The van der Waals surface area contributed by atoms with Gasteiger partial charge in [0.05, 0.1) is 12.1 Å². The van der Waals surface area contributed by atoms with Gasteiger partial charge in [-0.15, -0.1) is 0 Å². The maximum absolute atomic E-state index is 12.8. The maximum Gasteiger partial charge on any atom is 0.410 e. The monoisotopic (exact) mass is 463 g/mol. The number of pyridine rings is 2. The van der Waals surface area contributed by atoms with Crippen LogP contribution < -0.4 is 10.6 Å². The zero-order chi connectivity index (χ0) is 23.7. The molecule has 1 amide bonds. The largest absolute Gasteiger partial charge is 0.449 e. The Hall–Kier alpha value is -3.36. The van der Waals surface area contributed by atoms with Crippen LogP contribution in [0.1, 0.15) is 51.6 Å². The van der Waals surface area contributed by atoms with Crippen LogP contribution in [0.5, 0.6) is 0 Å². The van der Waals surface area contributed by atoms with E-state index in [2.05, 4.69) is 39.7 Å². The van der Waals surface area contributed by atoms with E-state index in [0.717, 1.165) is 54.5 Å². The quantitative estimate of drug-likeness (QED) is 0.472. The molecule has 0 saturated carbocycles. The number of nitrogens with one attached hydrogen (secondary N) is 3. The fourth-order valence-electron chi connectivity index (χ4n) is 5.17. The van der Waals surface area contributed by atoms with Crippen LogP contribution in [-0.4, -0.2) is 55.9 Å². The lowest BCUT2D eigenvalue weighted by molar-refractivity contribution is 0.0157. The number of hydrogen-bond acceptors (Lipinski definition) is 7. The van der Waals surface area contributed by atoms with Crippen LogP contribution in [0.25, 0.3) is 10.9 Å². The number of carbonyl (C=O) groups excluding carboxylic acids is 1. The highest BCUT2D eigenvalue weighted by Crippen LogP contribution is 2.36. The highest BCUT2D eigenvalue weighted by Gasteiger charge is 2.42. The van der Waals surface area contributed by atoms with Gasteiger partial charge in [-0.05, 0) is 57.1 Å². The number of rotatable bonds is 6. The summed E-state index contributed by atoms with van der Waals surface area (Å²) in [5, 5.41) is 15.2. The minimum atomic E-state index is -0.157. The van der Waals surface area contributed by atoms with E-state index >= 15 is 0 Å². The van der Waals surface area contributed by atoms with Gasteiger partial charge in [0.25, 0.3) is 0 Å². The molecule has 0 aliphatic carbocycles. The number of aromatic nitrogens is 4. The molecule has 2 aliphatic rings. The van der Waals surface area contributed by atoms with E-state index < -0.39 is 0 Å². The van der Waals surface area contributed by atoms with Crippen LogP contribution in [-0.2, 0) is 4.74 Å². The number of ether oxygens (including phenoxy) is 1. The van der Waals surface area contributed by atoms with E-state index in [4.69, 9.17) is 9.72 Å². The Kier molecular flexibility index (Phi) is 6.26. The van der Waals surface area contributed by atoms with Crippen molar-refractivity contribution in [2.45, 2.75) is 71.0 Å². The average molecular weight is 464 g/mol. The number of carbonyl (C=O) groups is 1. The van der Waals surface area contributed by atoms with Crippen molar-refractivity contribution >= 4 is 34.4 Å². The first-order chi connectivity index (χ1) is 16.5. The lowest BCUT2D eigenvalue weighted by Gasteiger charge is -2.48. The van der Waals surface area contributed by atoms with Gasteiger partial charge in [-0.2, -0.15) is 5.10 Å². The molecule has 2 fully saturated rings. The predicted molar refractivity (Wildman–Crippen MR) is 132 cm³/mol. The highest BCUT2D eigenvalue weighted by atomic mass is 16.6. The predicted octanol–water partition coefficient (Wildman–Crippen LogP) is 4.99. The van der Waals surface area contributed by atoms with Gasteiger partial charge in [0, 0.05) is 47.5 Å². The second kappa shape index (κ2) is 9.48. The number of H-pyrrole nitrogens is 1. The first-order valence-corrected chi connectivity index (χ1v) is 12.2. The number of hydrogen-bond donors (Lipinski definition) is 3. The molecule has 0 radical (unpaired) electrons. The van der Waals surface area contributed by atoms with Crippen LogP contribution in [0, 0.1) is 12.8 Å². The molecule has 2 aliphatic heterocycles. The first kappa shape index (κ1) is 22.4. The number of aryl methyl sites for hydroxylation is 1. The van der Waals surface area contributed by atoms with Crippen molar-refractivity contribution in [3.05, 3.63) is 36.2 Å². The summed E-state index contributed by atoms with van der Waals surface area (Å²) in [6.45, 7) is 6.55. The zero-order valence-corrected chi connectivity index (χ0v) is 20.0. The Morgan fingerprint density at radius 1 is 1.24 bits per heavy atom. The fourth-order valence-corrected chi connectivity index (χ4v) is 5.17. The van der Waals surface area contributed by atoms with Crippen molar-refractivity contribution in [2.24, 2.45) is 5.92 Å². The highest BCUT2D eigenvalue weighted by molar-refractivity contribution is 5.91. The molecule has 2 bridgehead atoms. The van der Waals surface area contributed by atoms with Gasteiger partial charge >= 0.3 is 6.09 Å². The summed E-state index contributed by atoms with van der Waals surface area (Å²) in [4.78, 5) is 24.3. The number of amides is 1. The molecule has 3 aromatic heterocycles. The van der Waals surface area contributed by atoms with E-state index in [1.54, 1.807) is 6.20 Å². The minimum absolute atomic E-state index is 0.157. The molecule has 0 aromatic carbocycles. The molecule has 9 nitrogen and oxygen atoms in total. The van der Waals surface area contributed by atoms with Crippen LogP contribution in [0.3, 0.4) is 0 Å². The zero-order valence-electron chi connectivity index (χ0n) is 20.0. The number of fused-ring (bicyclic) bond motifs is 3. The standard InChI is InChI=1S/C25H33N7O2/c1-15(2)14-34-25(33)32-18-6-4-7-19(32)12-17(11-18)27-24-20-8-5-9-26-21(20)13-22(29-24)28-23-10-16(3)30-31-23/h5,8-10,13,15,17-19H,4,6-7,11-12,14H2,1-3H3,(H3,27,28,29,30,31)/t17?,18-,19+. The summed E-state index contributed by atoms with van der Waals surface area (Å²) >= 11 is 0. The summed E-state index contributed by atoms with van der Waals surface area (Å²) in [5.74, 6) is 2.55. The smallest absolute Gasteiger partial charge is 0.410 e. The van der Waals surface area contributed by atoms with Crippen LogP contribution in [0.2, 0.25) is 0 Å². The SMILES string of the molecule is Cc1cc(Nc2cc3ncccc3c(NC3C[C@H]4CCC[C@@H](C3)N4C(=O)OCC(C)C)n2)n[nH]1. The number of piperidine rings is 2. The van der Waals surface area contributed by atoms with E-state index in [0.29, 0.717) is 24.2 Å². The summed E-state index contributed by atoms with van der Waals surface area (Å²) < 4.78 is 5.59. The minimum Gasteiger partial charge on any atom is -0.449 e. The average Bonchev–Trinajstić information content (AvgIpc) is 3.21. The molecule has 9 heteroatoms. The molecular weight excluding hydrogens is 430 g/mol. The third kappa shape index (κ3) is 4.78. The molecular formula is C25H33N7O2. The Morgan fingerprint density at radius 3 is 2.74 bits per heavy atom. The third-order valence-corrected chi connectivity index (χ3v) is 6.63. The third-order valence-electron chi connectivity index (χ3n) is 6.63. The van der Waals surface area contributed by atoms with Gasteiger partial charge in [0.1, 0.15) is 11.6 Å². The van der Waals surface area contributed by atoms with E-state index in [1.165, 1.54) is 0 Å². The normalized spacial score (nSPS) is 22.1. The molecule has 3 atom stereocenters.